The van der Waals surface area contributed by atoms with Crippen LogP contribution in [0.1, 0.15) is 30.9 Å². The van der Waals surface area contributed by atoms with Crippen LogP contribution in [-0.2, 0) is 12.8 Å². The molecule has 0 aliphatic rings. The third kappa shape index (κ3) is 4.67. The van der Waals surface area contributed by atoms with Gasteiger partial charge in [0.15, 0.2) is 11.0 Å². The summed E-state index contributed by atoms with van der Waals surface area (Å²) in [6.45, 7) is 5.03. The number of rotatable bonds is 8. The maximum atomic E-state index is 5.72. The molecule has 0 amide bonds. The number of unbranched alkanes of at least 4 members (excludes halogenated alkanes) is 1. The van der Waals surface area contributed by atoms with Crippen LogP contribution < -0.4 is 4.74 Å². The Kier molecular flexibility index (Phi) is 6.34. The van der Waals surface area contributed by atoms with Gasteiger partial charge in [-0.15, -0.1) is 10.2 Å². The SMILES string of the molecule is CCCCOc1ccc(-c2nnc(SCc3ccc(C)cc3)n2C)cc1. The van der Waals surface area contributed by atoms with Crippen LogP contribution in [0, 0.1) is 6.92 Å². The molecule has 1 aromatic heterocycles. The number of thioether (sulfide) groups is 1. The van der Waals surface area contributed by atoms with Crippen molar-refractivity contribution in [3.8, 4) is 17.1 Å². The van der Waals surface area contributed by atoms with Crippen molar-refractivity contribution in [3.05, 3.63) is 59.7 Å². The summed E-state index contributed by atoms with van der Waals surface area (Å²) in [5.41, 5.74) is 3.62. The third-order valence-electron chi connectivity index (χ3n) is 4.20. The van der Waals surface area contributed by atoms with Crippen molar-refractivity contribution in [3.63, 3.8) is 0 Å². The third-order valence-corrected chi connectivity index (χ3v) is 5.29. The van der Waals surface area contributed by atoms with Crippen molar-refractivity contribution in [2.45, 2.75) is 37.6 Å². The lowest BCUT2D eigenvalue weighted by molar-refractivity contribution is 0.309. The number of ether oxygens (including phenoxy) is 1. The highest BCUT2D eigenvalue weighted by molar-refractivity contribution is 7.98. The van der Waals surface area contributed by atoms with Gasteiger partial charge in [0, 0.05) is 18.4 Å². The maximum Gasteiger partial charge on any atom is 0.191 e. The lowest BCUT2D eigenvalue weighted by atomic mass is 10.2. The Morgan fingerprint density at radius 3 is 2.42 bits per heavy atom. The summed E-state index contributed by atoms with van der Waals surface area (Å²) in [6.07, 6.45) is 2.21. The minimum atomic E-state index is 0.763. The topological polar surface area (TPSA) is 39.9 Å². The van der Waals surface area contributed by atoms with Gasteiger partial charge in [-0.1, -0.05) is 54.9 Å². The molecular formula is C21H25N3OS. The van der Waals surface area contributed by atoms with E-state index in [2.05, 4.69) is 48.3 Å². The van der Waals surface area contributed by atoms with E-state index in [0.29, 0.717) is 0 Å². The standard InChI is InChI=1S/C21H25N3OS/c1-4-5-14-25-19-12-10-18(11-13-19)20-22-23-21(24(20)3)26-15-17-8-6-16(2)7-9-17/h6-13H,4-5,14-15H2,1-3H3. The largest absolute Gasteiger partial charge is 0.494 e. The van der Waals surface area contributed by atoms with Gasteiger partial charge < -0.3 is 9.30 Å². The van der Waals surface area contributed by atoms with Gasteiger partial charge in [0.05, 0.1) is 6.61 Å². The molecule has 4 nitrogen and oxygen atoms in total. The molecule has 0 bridgehead atoms. The fourth-order valence-corrected chi connectivity index (χ4v) is 3.43. The van der Waals surface area contributed by atoms with Crippen LogP contribution >= 0.6 is 11.8 Å². The number of benzene rings is 2. The second-order valence-corrected chi connectivity index (χ2v) is 7.31. The van der Waals surface area contributed by atoms with E-state index in [1.165, 1.54) is 11.1 Å². The van der Waals surface area contributed by atoms with Crippen molar-refractivity contribution < 1.29 is 4.74 Å². The van der Waals surface area contributed by atoms with E-state index in [-0.39, 0.29) is 0 Å². The molecular weight excluding hydrogens is 342 g/mol. The molecule has 0 radical (unpaired) electrons. The Bertz CT molecular complexity index is 825. The van der Waals surface area contributed by atoms with Gasteiger partial charge in [-0.25, -0.2) is 0 Å². The number of nitrogens with zero attached hydrogens (tertiary/aromatic N) is 3. The lowest BCUT2D eigenvalue weighted by Crippen LogP contribution is -1.97. The molecule has 0 unspecified atom stereocenters. The molecule has 3 rings (SSSR count). The average Bonchev–Trinajstić information content (AvgIpc) is 3.03. The molecule has 136 valence electrons. The number of aromatic nitrogens is 3. The van der Waals surface area contributed by atoms with E-state index in [1.54, 1.807) is 11.8 Å². The Morgan fingerprint density at radius 1 is 1.00 bits per heavy atom. The summed E-state index contributed by atoms with van der Waals surface area (Å²) in [5, 5.41) is 9.64. The average molecular weight is 368 g/mol. The first-order chi connectivity index (χ1) is 12.7. The highest BCUT2D eigenvalue weighted by Crippen LogP contribution is 2.26. The first-order valence-corrected chi connectivity index (χ1v) is 9.97. The van der Waals surface area contributed by atoms with Gasteiger partial charge >= 0.3 is 0 Å². The molecule has 2 aromatic carbocycles. The molecule has 0 saturated heterocycles. The highest BCUT2D eigenvalue weighted by atomic mass is 32.2. The molecule has 0 saturated carbocycles. The van der Waals surface area contributed by atoms with Crippen molar-refractivity contribution in [1.29, 1.82) is 0 Å². The Labute approximate surface area is 159 Å². The van der Waals surface area contributed by atoms with E-state index >= 15 is 0 Å². The van der Waals surface area contributed by atoms with Gasteiger partial charge in [0.2, 0.25) is 0 Å². The summed E-state index contributed by atoms with van der Waals surface area (Å²) < 4.78 is 7.77. The predicted molar refractivity (Wildman–Crippen MR) is 108 cm³/mol. The van der Waals surface area contributed by atoms with E-state index < -0.39 is 0 Å². The lowest BCUT2D eigenvalue weighted by Gasteiger charge is -2.07. The highest BCUT2D eigenvalue weighted by Gasteiger charge is 2.11. The Morgan fingerprint density at radius 2 is 1.73 bits per heavy atom. The second-order valence-electron chi connectivity index (χ2n) is 6.37. The van der Waals surface area contributed by atoms with Crippen molar-refractivity contribution in [2.75, 3.05) is 6.61 Å². The van der Waals surface area contributed by atoms with Gasteiger partial charge in [0.25, 0.3) is 0 Å². The van der Waals surface area contributed by atoms with Crippen LogP contribution in [0.3, 0.4) is 0 Å². The number of aryl methyl sites for hydroxylation is 1. The molecule has 1 heterocycles. The fourth-order valence-electron chi connectivity index (χ4n) is 2.56. The smallest absolute Gasteiger partial charge is 0.191 e. The zero-order valence-electron chi connectivity index (χ0n) is 15.6. The predicted octanol–water partition coefficient (Wildman–Crippen LogP) is 5.26. The number of hydrogen-bond acceptors (Lipinski definition) is 4. The summed E-state index contributed by atoms with van der Waals surface area (Å²) in [6, 6.07) is 16.7. The summed E-state index contributed by atoms with van der Waals surface area (Å²) in [5.74, 6) is 2.66. The molecule has 0 atom stereocenters. The van der Waals surface area contributed by atoms with E-state index in [9.17, 15) is 0 Å². The van der Waals surface area contributed by atoms with Crippen LogP contribution in [0.2, 0.25) is 0 Å². The molecule has 0 N–H and O–H groups in total. The molecule has 5 heteroatoms. The van der Waals surface area contributed by atoms with Crippen LogP contribution in [0.4, 0.5) is 0 Å². The Hall–Kier alpha value is -2.27. The number of hydrogen-bond donors (Lipinski definition) is 0. The molecule has 0 aliphatic heterocycles. The minimum absolute atomic E-state index is 0.763. The van der Waals surface area contributed by atoms with E-state index in [4.69, 9.17) is 4.74 Å². The van der Waals surface area contributed by atoms with Crippen molar-refractivity contribution in [2.24, 2.45) is 7.05 Å². The van der Waals surface area contributed by atoms with Gasteiger partial charge in [-0.3, -0.25) is 0 Å². The van der Waals surface area contributed by atoms with E-state index in [1.807, 2.05) is 35.9 Å². The molecule has 3 aromatic rings. The molecule has 0 spiro atoms. The summed E-state index contributed by atoms with van der Waals surface area (Å²) in [7, 11) is 2.01. The summed E-state index contributed by atoms with van der Waals surface area (Å²) in [4.78, 5) is 0. The Balaban J connectivity index is 1.65. The normalized spacial score (nSPS) is 10.9. The first-order valence-electron chi connectivity index (χ1n) is 8.98. The maximum absolute atomic E-state index is 5.72. The zero-order chi connectivity index (χ0) is 18.4. The van der Waals surface area contributed by atoms with Crippen molar-refractivity contribution in [1.82, 2.24) is 14.8 Å². The van der Waals surface area contributed by atoms with Gasteiger partial charge in [-0.2, -0.15) is 0 Å². The molecule has 0 fully saturated rings. The van der Waals surface area contributed by atoms with Crippen molar-refractivity contribution >= 4 is 11.8 Å². The molecule has 0 aliphatic carbocycles. The zero-order valence-corrected chi connectivity index (χ0v) is 16.4. The summed E-state index contributed by atoms with van der Waals surface area (Å²) >= 11 is 1.70. The quantitative estimate of drug-likeness (QED) is 0.402. The van der Waals surface area contributed by atoms with Crippen LogP contribution in [0.25, 0.3) is 11.4 Å². The first kappa shape index (κ1) is 18.5. The fraction of sp³-hybridized carbons (Fsp3) is 0.333. The van der Waals surface area contributed by atoms with Crippen LogP contribution in [0.15, 0.2) is 53.7 Å². The van der Waals surface area contributed by atoms with Crippen LogP contribution in [0.5, 0.6) is 5.75 Å². The van der Waals surface area contributed by atoms with Gasteiger partial charge in [-0.05, 0) is 43.2 Å². The minimum Gasteiger partial charge on any atom is -0.494 e. The van der Waals surface area contributed by atoms with Crippen LogP contribution in [-0.4, -0.2) is 21.4 Å². The van der Waals surface area contributed by atoms with E-state index in [0.717, 1.165) is 47.5 Å². The monoisotopic (exact) mass is 367 g/mol. The van der Waals surface area contributed by atoms with Gasteiger partial charge in [0.1, 0.15) is 5.75 Å². The second kappa shape index (κ2) is 8.90. The molecule has 26 heavy (non-hydrogen) atoms.